The van der Waals surface area contributed by atoms with Gasteiger partial charge in [0.2, 0.25) is 0 Å². The zero-order chi connectivity index (χ0) is 23.8. The minimum atomic E-state index is -1.16. The molecular weight excluding hydrogens is 426 g/mol. The predicted molar refractivity (Wildman–Crippen MR) is 127 cm³/mol. The predicted octanol–water partition coefficient (Wildman–Crippen LogP) is 4.49. The first-order valence-electron chi connectivity index (χ1n) is 11.4. The molecule has 178 valence electrons. The molecule has 7 heteroatoms. The molecule has 6 atom stereocenters. The molecule has 1 aromatic rings. The van der Waals surface area contributed by atoms with Crippen LogP contribution in [0.2, 0.25) is 0 Å². The lowest BCUT2D eigenvalue weighted by Gasteiger charge is -2.28. The van der Waals surface area contributed by atoms with Crippen LogP contribution in [0.15, 0.2) is 23.1 Å². The van der Waals surface area contributed by atoms with Crippen molar-refractivity contribution in [3.8, 4) is 0 Å². The van der Waals surface area contributed by atoms with Gasteiger partial charge in [-0.3, -0.25) is 9.59 Å². The average molecular weight is 464 g/mol. The summed E-state index contributed by atoms with van der Waals surface area (Å²) in [6, 6.07) is 0. The van der Waals surface area contributed by atoms with Gasteiger partial charge in [0.05, 0.1) is 29.3 Å². The largest absolute Gasteiger partial charge is 0.457 e. The summed E-state index contributed by atoms with van der Waals surface area (Å²) in [5.74, 6) is -2.17. The number of esters is 1. The second kappa shape index (κ2) is 12.4. The highest BCUT2D eigenvalue weighted by molar-refractivity contribution is 7.09. The maximum atomic E-state index is 12.8. The Kier molecular flexibility index (Phi) is 10.3. The zero-order valence-electron chi connectivity index (χ0n) is 19.8. The van der Waals surface area contributed by atoms with E-state index >= 15 is 0 Å². The molecule has 0 spiro atoms. The molecule has 1 unspecified atom stereocenters. The molecule has 1 aromatic heterocycles. The number of ether oxygens (including phenoxy) is 1. The van der Waals surface area contributed by atoms with E-state index in [1.54, 1.807) is 25.2 Å². The lowest BCUT2D eigenvalue weighted by Crippen LogP contribution is -2.39. The van der Waals surface area contributed by atoms with Gasteiger partial charge in [-0.2, -0.15) is 0 Å². The Morgan fingerprint density at radius 2 is 1.91 bits per heavy atom. The first kappa shape index (κ1) is 26.4. The summed E-state index contributed by atoms with van der Waals surface area (Å²) in [6.45, 7) is 9.10. The van der Waals surface area contributed by atoms with Gasteiger partial charge in [0, 0.05) is 23.6 Å². The van der Waals surface area contributed by atoms with Gasteiger partial charge in [0.25, 0.3) is 0 Å². The quantitative estimate of drug-likeness (QED) is 0.496. The smallest absolute Gasteiger partial charge is 0.309 e. The van der Waals surface area contributed by atoms with E-state index in [9.17, 15) is 19.8 Å². The third-order valence-electron chi connectivity index (χ3n) is 6.29. The number of allylic oxidation sites excluding steroid dienone is 1. The molecule has 0 saturated heterocycles. The zero-order valence-corrected chi connectivity index (χ0v) is 20.6. The molecule has 6 nitrogen and oxygen atoms in total. The molecule has 2 heterocycles. The number of nitrogens with zero attached hydrogens (tertiary/aromatic N) is 1. The van der Waals surface area contributed by atoms with Crippen molar-refractivity contribution in [3.63, 3.8) is 0 Å². The van der Waals surface area contributed by atoms with Gasteiger partial charge >= 0.3 is 5.97 Å². The second-order valence-electron chi connectivity index (χ2n) is 9.02. The summed E-state index contributed by atoms with van der Waals surface area (Å²) in [7, 11) is 0. The minimum Gasteiger partial charge on any atom is -0.457 e. The van der Waals surface area contributed by atoms with Gasteiger partial charge in [0.15, 0.2) is 0 Å². The summed E-state index contributed by atoms with van der Waals surface area (Å²) in [6.07, 6.45) is 6.41. The van der Waals surface area contributed by atoms with Crippen molar-refractivity contribution in [3.05, 3.63) is 33.8 Å². The fraction of sp³-hybridized carbons (Fsp3) is 0.640. The van der Waals surface area contributed by atoms with E-state index in [0.29, 0.717) is 6.42 Å². The molecule has 0 saturated carbocycles. The number of aliphatic hydroxyl groups excluding tert-OH is 2. The summed E-state index contributed by atoms with van der Waals surface area (Å²) < 4.78 is 5.71. The number of aryl methyl sites for hydroxylation is 1. The summed E-state index contributed by atoms with van der Waals surface area (Å²) >= 11 is 1.56. The number of hydrogen-bond acceptors (Lipinski definition) is 7. The Bertz CT molecular complexity index is 830. The highest BCUT2D eigenvalue weighted by atomic mass is 32.1. The second-order valence-corrected chi connectivity index (χ2v) is 10.1. The number of carbonyl (C=O) groups is 2. The monoisotopic (exact) mass is 463 g/mol. The first-order valence-corrected chi connectivity index (χ1v) is 12.3. The number of aliphatic hydroxyl groups is 2. The lowest BCUT2D eigenvalue weighted by atomic mass is 9.81. The maximum Gasteiger partial charge on any atom is 0.309 e. The highest BCUT2D eigenvalue weighted by Gasteiger charge is 2.34. The van der Waals surface area contributed by atoms with Gasteiger partial charge < -0.3 is 14.9 Å². The fourth-order valence-corrected chi connectivity index (χ4v) is 4.56. The molecule has 1 aliphatic heterocycles. The molecule has 0 bridgehead atoms. The Balaban J connectivity index is 2.21. The van der Waals surface area contributed by atoms with Crippen LogP contribution < -0.4 is 0 Å². The molecule has 0 amide bonds. The van der Waals surface area contributed by atoms with E-state index in [0.717, 1.165) is 35.5 Å². The SMILES string of the molecule is C/C(=C\c1csc(C)n1)[C@@H]1C/C=C/CCC[C@H](C)[C@H](O)[C@@H](C)C(=O)C(C)[C@@H](O)CC(=O)O1. The van der Waals surface area contributed by atoms with E-state index < -0.39 is 36.1 Å². The number of hydrogen-bond donors (Lipinski definition) is 2. The van der Waals surface area contributed by atoms with E-state index in [4.69, 9.17) is 4.74 Å². The van der Waals surface area contributed by atoms with Crippen LogP contribution >= 0.6 is 11.3 Å². The number of carbonyl (C=O) groups excluding carboxylic acids is 2. The standard InChI is InChI=1S/C25H37NO5S/c1-15-10-8-6-7-9-11-22(16(2)12-20-14-32-19(5)26-20)31-23(28)13-21(27)17(3)25(30)18(4)24(15)29/h7,9,12,14-15,17-18,21-22,24,27,29H,6,8,10-11,13H2,1-5H3/b9-7+,16-12+/t15-,17?,18+,21-,22-,24-/m0/s1. The number of aromatic nitrogens is 1. The lowest BCUT2D eigenvalue weighted by molar-refractivity contribution is -0.151. The van der Waals surface area contributed by atoms with Gasteiger partial charge in [-0.05, 0) is 50.7 Å². The van der Waals surface area contributed by atoms with Crippen molar-refractivity contribution < 1.29 is 24.5 Å². The highest BCUT2D eigenvalue weighted by Crippen LogP contribution is 2.25. The van der Waals surface area contributed by atoms with Crippen molar-refractivity contribution in [1.82, 2.24) is 4.98 Å². The first-order chi connectivity index (χ1) is 15.1. The third-order valence-corrected chi connectivity index (χ3v) is 7.08. The number of Topliss-reactive ketones (excluding diaryl/α,β-unsaturated/α-hetero) is 1. The Morgan fingerprint density at radius 1 is 1.19 bits per heavy atom. The Morgan fingerprint density at radius 3 is 2.56 bits per heavy atom. The van der Waals surface area contributed by atoms with E-state index in [1.807, 2.05) is 38.3 Å². The summed E-state index contributed by atoms with van der Waals surface area (Å²) in [5.41, 5.74) is 1.70. The molecule has 32 heavy (non-hydrogen) atoms. The minimum absolute atomic E-state index is 0.0240. The van der Waals surface area contributed by atoms with Crippen molar-refractivity contribution in [2.24, 2.45) is 17.8 Å². The van der Waals surface area contributed by atoms with Crippen LogP contribution in [-0.4, -0.2) is 45.3 Å². The van der Waals surface area contributed by atoms with Crippen LogP contribution in [-0.2, 0) is 14.3 Å². The van der Waals surface area contributed by atoms with Crippen LogP contribution in [0.4, 0.5) is 0 Å². The van der Waals surface area contributed by atoms with Gasteiger partial charge in [-0.25, -0.2) is 4.98 Å². The number of cyclic esters (lactones) is 1. The van der Waals surface area contributed by atoms with Crippen LogP contribution in [0.1, 0.15) is 70.5 Å². The summed E-state index contributed by atoms with van der Waals surface area (Å²) in [4.78, 5) is 29.8. The average Bonchev–Trinajstić information content (AvgIpc) is 3.16. The normalized spacial score (nSPS) is 33.0. The van der Waals surface area contributed by atoms with Crippen molar-refractivity contribution in [1.29, 1.82) is 0 Å². The molecule has 0 radical (unpaired) electrons. The van der Waals surface area contributed by atoms with E-state index in [-0.39, 0.29) is 18.1 Å². The molecule has 1 aliphatic rings. The van der Waals surface area contributed by atoms with E-state index in [2.05, 4.69) is 11.1 Å². The number of thiazole rings is 1. The molecule has 0 fully saturated rings. The molecular formula is C25H37NO5S. The van der Waals surface area contributed by atoms with Gasteiger partial charge in [-0.15, -0.1) is 11.3 Å². The third kappa shape index (κ3) is 7.64. The molecule has 0 aliphatic carbocycles. The van der Waals surface area contributed by atoms with Crippen molar-refractivity contribution in [2.75, 3.05) is 0 Å². The molecule has 2 rings (SSSR count). The van der Waals surface area contributed by atoms with Gasteiger partial charge in [0.1, 0.15) is 11.9 Å². The molecule has 0 aromatic carbocycles. The van der Waals surface area contributed by atoms with Crippen LogP contribution in [0.5, 0.6) is 0 Å². The van der Waals surface area contributed by atoms with Crippen LogP contribution in [0.3, 0.4) is 0 Å². The Hall–Kier alpha value is -1.83. The van der Waals surface area contributed by atoms with E-state index in [1.165, 1.54) is 0 Å². The van der Waals surface area contributed by atoms with Crippen LogP contribution in [0.25, 0.3) is 6.08 Å². The van der Waals surface area contributed by atoms with Crippen molar-refractivity contribution in [2.45, 2.75) is 85.0 Å². The molecule has 2 N–H and O–H groups in total. The van der Waals surface area contributed by atoms with Crippen molar-refractivity contribution >= 4 is 29.2 Å². The Labute approximate surface area is 195 Å². The maximum absolute atomic E-state index is 12.8. The van der Waals surface area contributed by atoms with Gasteiger partial charge in [-0.1, -0.05) is 32.9 Å². The topological polar surface area (TPSA) is 96.7 Å². The summed E-state index contributed by atoms with van der Waals surface area (Å²) in [5, 5.41) is 24.0. The number of ketones is 1. The number of rotatable bonds is 2. The fourth-order valence-electron chi connectivity index (χ4n) is 3.99. The van der Waals surface area contributed by atoms with Crippen LogP contribution in [0, 0.1) is 24.7 Å².